The molecule has 1 aliphatic carbocycles. The summed E-state index contributed by atoms with van der Waals surface area (Å²) in [5.74, 6) is -0.263. The zero-order chi connectivity index (χ0) is 22.7. The van der Waals surface area contributed by atoms with Crippen LogP contribution in [0, 0.1) is 13.8 Å². The van der Waals surface area contributed by atoms with Crippen molar-refractivity contribution in [1.29, 1.82) is 0 Å². The van der Waals surface area contributed by atoms with Crippen LogP contribution in [0.25, 0.3) is 10.9 Å². The van der Waals surface area contributed by atoms with Crippen molar-refractivity contribution in [3.63, 3.8) is 0 Å². The highest BCUT2D eigenvalue weighted by molar-refractivity contribution is 6.05. The number of hydrogen-bond donors (Lipinski definition) is 1. The predicted octanol–water partition coefficient (Wildman–Crippen LogP) is 6.51. The van der Waals surface area contributed by atoms with Gasteiger partial charge >= 0.3 is 5.97 Å². The summed E-state index contributed by atoms with van der Waals surface area (Å²) in [5, 5.41) is 0.960. The average molecular weight is 433 g/mol. The summed E-state index contributed by atoms with van der Waals surface area (Å²) < 4.78 is 5.90. The highest BCUT2D eigenvalue weighted by Crippen LogP contribution is 2.28. The van der Waals surface area contributed by atoms with Gasteiger partial charge in [-0.3, -0.25) is 0 Å². The van der Waals surface area contributed by atoms with E-state index in [9.17, 15) is 4.79 Å². The van der Waals surface area contributed by atoms with Crippen LogP contribution in [0.5, 0.6) is 0 Å². The number of hydrogen-bond acceptors (Lipinski definition) is 3. The minimum Gasteiger partial charge on any atom is -0.454 e. The van der Waals surface area contributed by atoms with Crippen LogP contribution in [0.1, 0.15) is 77.9 Å². The minimum atomic E-state index is -0.291. The second-order valence-corrected chi connectivity index (χ2v) is 9.43. The van der Waals surface area contributed by atoms with Gasteiger partial charge in [-0.1, -0.05) is 49.6 Å². The van der Waals surface area contributed by atoms with Crippen molar-refractivity contribution >= 4 is 16.9 Å². The van der Waals surface area contributed by atoms with Gasteiger partial charge in [0, 0.05) is 29.2 Å². The second-order valence-electron chi connectivity index (χ2n) is 9.43. The standard InChI is InChI=1S/C28H36N2O2/c1-19-10-8-9-13-24(19)21(3)32-28(31)27-20(2)29-26-15-14-22(18-25(26)27)16-17-30(4)23-11-6-5-7-12-23/h8-10,13-15,18,21,23,29H,5-7,11-12,16-17H2,1-4H3. The molecule has 4 rings (SSSR count). The molecular formula is C28H36N2O2. The number of aryl methyl sites for hydroxylation is 2. The van der Waals surface area contributed by atoms with E-state index < -0.39 is 0 Å². The lowest BCUT2D eigenvalue weighted by Gasteiger charge is -2.31. The van der Waals surface area contributed by atoms with Gasteiger partial charge in [0.1, 0.15) is 6.10 Å². The van der Waals surface area contributed by atoms with Crippen molar-refractivity contribution in [3.05, 3.63) is 70.4 Å². The monoisotopic (exact) mass is 432 g/mol. The average Bonchev–Trinajstić information content (AvgIpc) is 3.13. The molecule has 0 aliphatic heterocycles. The molecule has 1 atom stereocenters. The topological polar surface area (TPSA) is 45.3 Å². The summed E-state index contributed by atoms with van der Waals surface area (Å²) in [5.41, 5.74) is 5.95. The number of nitrogens with one attached hydrogen (secondary N) is 1. The van der Waals surface area contributed by atoms with E-state index in [4.69, 9.17) is 4.74 Å². The molecule has 0 amide bonds. The fourth-order valence-electron chi connectivity index (χ4n) is 5.13. The van der Waals surface area contributed by atoms with Gasteiger partial charge in [-0.05, 0) is 75.9 Å². The molecule has 1 saturated carbocycles. The van der Waals surface area contributed by atoms with Gasteiger partial charge in [0.2, 0.25) is 0 Å². The number of aromatic nitrogens is 1. The Kier molecular flexibility index (Phi) is 7.00. The maximum Gasteiger partial charge on any atom is 0.341 e. The number of rotatable bonds is 7. The van der Waals surface area contributed by atoms with Crippen molar-refractivity contribution in [2.45, 2.75) is 71.4 Å². The first-order chi connectivity index (χ1) is 15.4. The molecule has 0 radical (unpaired) electrons. The van der Waals surface area contributed by atoms with Gasteiger partial charge in [-0.2, -0.15) is 0 Å². The summed E-state index contributed by atoms with van der Waals surface area (Å²) in [6.45, 7) is 6.99. The molecule has 170 valence electrons. The Bertz CT molecular complexity index is 1080. The van der Waals surface area contributed by atoms with Gasteiger partial charge in [-0.25, -0.2) is 4.79 Å². The number of H-pyrrole nitrogens is 1. The third kappa shape index (κ3) is 4.91. The van der Waals surface area contributed by atoms with E-state index in [1.165, 1.54) is 37.7 Å². The summed E-state index contributed by atoms with van der Waals surface area (Å²) >= 11 is 0. The predicted molar refractivity (Wildman–Crippen MR) is 131 cm³/mol. The first-order valence-electron chi connectivity index (χ1n) is 12.0. The van der Waals surface area contributed by atoms with Crippen LogP contribution in [0.3, 0.4) is 0 Å². The van der Waals surface area contributed by atoms with Crippen molar-refractivity contribution in [2.75, 3.05) is 13.6 Å². The molecule has 0 spiro atoms. The fraction of sp³-hybridized carbons (Fsp3) is 0.464. The first kappa shape index (κ1) is 22.6. The van der Waals surface area contributed by atoms with Gasteiger partial charge < -0.3 is 14.6 Å². The molecule has 4 heteroatoms. The van der Waals surface area contributed by atoms with Crippen LogP contribution < -0.4 is 0 Å². The summed E-state index contributed by atoms with van der Waals surface area (Å²) in [7, 11) is 2.25. The van der Waals surface area contributed by atoms with Crippen LogP contribution in [0.15, 0.2) is 42.5 Å². The second kappa shape index (κ2) is 9.91. The van der Waals surface area contributed by atoms with Gasteiger partial charge in [0.25, 0.3) is 0 Å². The van der Waals surface area contributed by atoms with Gasteiger partial charge in [-0.15, -0.1) is 0 Å². The van der Waals surface area contributed by atoms with Crippen LogP contribution in [-0.2, 0) is 11.2 Å². The Balaban J connectivity index is 1.49. The molecular weight excluding hydrogens is 396 g/mol. The SMILES string of the molecule is Cc1ccccc1C(C)OC(=O)c1c(C)[nH]c2ccc(CCN(C)C3CCCCC3)cc12. The number of benzene rings is 2. The van der Waals surface area contributed by atoms with Crippen LogP contribution in [-0.4, -0.2) is 35.5 Å². The number of likely N-dealkylation sites (N-methyl/N-ethyl adjacent to an activating group) is 1. The van der Waals surface area contributed by atoms with Crippen molar-refractivity contribution in [2.24, 2.45) is 0 Å². The van der Waals surface area contributed by atoms with Gasteiger partial charge in [0.05, 0.1) is 5.56 Å². The molecule has 0 bridgehead atoms. The number of carbonyl (C=O) groups is 1. The lowest BCUT2D eigenvalue weighted by molar-refractivity contribution is 0.0338. The molecule has 0 saturated heterocycles. The maximum atomic E-state index is 13.2. The van der Waals surface area contributed by atoms with Gasteiger partial charge in [0.15, 0.2) is 0 Å². The molecule has 1 aromatic heterocycles. The van der Waals surface area contributed by atoms with Crippen LogP contribution in [0.2, 0.25) is 0 Å². The third-order valence-electron chi connectivity index (χ3n) is 7.12. The smallest absolute Gasteiger partial charge is 0.341 e. The van der Waals surface area contributed by atoms with Crippen molar-refractivity contribution < 1.29 is 9.53 Å². The van der Waals surface area contributed by atoms with Crippen molar-refractivity contribution in [1.82, 2.24) is 9.88 Å². The number of aromatic amines is 1. The lowest BCUT2D eigenvalue weighted by Crippen LogP contribution is -2.34. The Morgan fingerprint density at radius 2 is 1.88 bits per heavy atom. The largest absolute Gasteiger partial charge is 0.454 e. The normalized spacial score (nSPS) is 15.9. The van der Waals surface area contributed by atoms with Crippen LogP contribution in [0.4, 0.5) is 0 Å². The number of ether oxygens (including phenoxy) is 1. The van der Waals surface area contributed by atoms with E-state index in [-0.39, 0.29) is 12.1 Å². The quantitative estimate of drug-likeness (QED) is 0.433. The number of nitrogens with zero attached hydrogens (tertiary/aromatic N) is 1. The molecule has 32 heavy (non-hydrogen) atoms. The summed E-state index contributed by atoms with van der Waals surface area (Å²) in [6.07, 6.45) is 7.44. The molecule has 2 aromatic carbocycles. The first-order valence-corrected chi connectivity index (χ1v) is 12.0. The fourth-order valence-corrected chi connectivity index (χ4v) is 5.13. The molecule has 1 unspecified atom stereocenters. The molecule has 3 aromatic rings. The lowest BCUT2D eigenvalue weighted by atomic mass is 9.94. The van der Waals surface area contributed by atoms with E-state index in [0.717, 1.165) is 46.7 Å². The third-order valence-corrected chi connectivity index (χ3v) is 7.12. The number of carbonyl (C=O) groups excluding carboxylic acids is 1. The highest BCUT2D eigenvalue weighted by Gasteiger charge is 2.22. The summed E-state index contributed by atoms with van der Waals surface area (Å²) in [6, 6.07) is 15.2. The Morgan fingerprint density at radius 1 is 1.12 bits per heavy atom. The number of esters is 1. The zero-order valence-electron chi connectivity index (χ0n) is 19.9. The Hall–Kier alpha value is -2.59. The van der Waals surface area contributed by atoms with E-state index in [2.05, 4.69) is 35.1 Å². The minimum absolute atomic E-state index is 0.263. The van der Waals surface area contributed by atoms with E-state index in [0.29, 0.717) is 5.56 Å². The Labute approximate surface area is 192 Å². The zero-order valence-corrected chi connectivity index (χ0v) is 19.9. The van der Waals surface area contributed by atoms with Crippen molar-refractivity contribution in [3.8, 4) is 0 Å². The molecule has 1 aliphatic rings. The Morgan fingerprint density at radius 3 is 2.62 bits per heavy atom. The molecule has 1 N–H and O–H groups in total. The molecule has 1 fully saturated rings. The molecule has 4 nitrogen and oxygen atoms in total. The van der Waals surface area contributed by atoms with Crippen LogP contribution >= 0.6 is 0 Å². The maximum absolute atomic E-state index is 13.2. The number of fused-ring (bicyclic) bond motifs is 1. The summed E-state index contributed by atoms with van der Waals surface area (Å²) in [4.78, 5) is 19.1. The van der Waals surface area contributed by atoms with E-state index in [1.54, 1.807) is 0 Å². The van der Waals surface area contributed by atoms with E-state index in [1.807, 2.05) is 45.0 Å². The van der Waals surface area contributed by atoms with E-state index >= 15 is 0 Å². The highest BCUT2D eigenvalue weighted by atomic mass is 16.5. The molecule has 1 heterocycles.